The summed E-state index contributed by atoms with van der Waals surface area (Å²) in [6, 6.07) is 2.56. The summed E-state index contributed by atoms with van der Waals surface area (Å²) in [6.07, 6.45) is 2.55. The largest absolute Gasteiger partial charge is 0.481 e. The fourth-order valence-corrected chi connectivity index (χ4v) is 1.47. The molecule has 6 heteroatoms. The van der Waals surface area contributed by atoms with Crippen LogP contribution < -0.4 is 5.32 Å². The first kappa shape index (κ1) is 14.2. The number of benzene rings is 1. The van der Waals surface area contributed by atoms with Crippen LogP contribution in [0.3, 0.4) is 0 Å². The van der Waals surface area contributed by atoms with Gasteiger partial charge in [-0.15, -0.1) is 0 Å². The molecule has 1 aromatic carbocycles. The molecule has 0 bridgehead atoms. The minimum Gasteiger partial charge on any atom is -0.481 e. The molecule has 18 heavy (non-hydrogen) atoms. The van der Waals surface area contributed by atoms with Crippen LogP contribution in [0.2, 0.25) is 5.02 Å². The zero-order valence-electron chi connectivity index (χ0n) is 9.54. The molecular weight excluding hydrogens is 261 g/mol. The van der Waals surface area contributed by atoms with Gasteiger partial charge in [0.25, 0.3) is 0 Å². The second-order valence-corrected chi connectivity index (χ2v) is 3.92. The molecule has 96 valence electrons. The molecule has 0 fully saturated rings. The summed E-state index contributed by atoms with van der Waals surface area (Å²) in [6.45, 7) is 1.30. The van der Waals surface area contributed by atoms with Gasteiger partial charge in [0.05, 0.1) is 11.4 Å². The van der Waals surface area contributed by atoms with Crippen LogP contribution in [0, 0.1) is 5.82 Å². The van der Waals surface area contributed by atoms with E-state index in [-0.39, 0.29) is 23.0 Å². The van der Waals surface area contributed by atoms with Crippen molar-refractivity contribution in [1.82, 2.24) is 0 Å². The molecule has 0 radical (unpaired) electrons. The number of nitrogens with one attached hydrogen (secondary N) is 1. The van der Waals surface area contributed by atoms with E-state index in [2.05, 4.69) is 5.32 Å². The fraction of sp³-hybridized carbons (Fsp3) is 0.167. The zero-order valence-corrected chi connectivity index (χ0v) is 10.3. The van der Waals surface area contributed by atoms with Crippen LogP contribution in [0.4, 0.5) is 10.1 Å². The van der Waals surface area contributed by atoms with E-state index in [0.29, 0.717) is 5.56 Å². The van der Waals surface area contributed by atoms with Crippen LogP contribution in [0.1, 0.15) is 18.9 Å². The number of carbonyl (C=O) groups is 2. The maximum atomic E-state index is 13.4. The highest BCUT2D eigenvalue weighted by molar-refractivity contribution is 6.32. The van der Waals surface area contributed by atoms with Crippen molar-refractivity contribution in [2.45, 2.75) is 13.3 Å². The van der Waals surface area contributed by atoms with Crippen molar-refractivity contribution in [3.05, 3.63) is 34.6 Å². The van der Waals surface area contributed by atoms with E-state index in [1.807, 2.05) is 0 Å². The molecule has 0 aliphatic heterocycles. The van der Waals surface area contributed by atoms with Crippen molar-refractivity contribution in [3.63, 3.8) is 0 Å². The van der Waals surface area contributed by atoms with Crippen LogP contribution in [-0.2, 0) is 9.59 Å². The molecule has 1 rings (SSSR count). The number of carboxylic acid groups (broad SMARTS) is 1. The first-order valence-electron chi connectivity index (χ1n) is 5.05. The van der Waals surface area contributed by atoms with Gasteiger partial charge in [0, 0.05) is 12.6 Å². The maximum Gasteiger partial charge on any atom is 0.307 e. The summed E-state index contributed by atoms with van der Waals surface area (Å²) in [7, 11) is 0. The number of halogens is 2. The number of hydrogen-bond acceptors (Lipinski definition) is 2. The highest BCUT2D eigenvalue weighted by Crippen LogP contribution is 2.26. The number of anilines is 1. The Labute approximate surface area is 108 Å². The summed E-state index contributed by atoms with van der Waals surface area (Å²) in [4.78, 5) is 21.2. The van der Waals surface area contributed by atoms with Gasteiger partial charge in [-0.1, -0.05) is 23.8 Å². The average Bonchev–Trinajstić information content (AvgIpc) is 2.23. The van der Waals surface area contributed by atoms with Gasteiger partial charge in [0.2, 0.25) is 5.91 Å². The van der Waals surface area contributed by atoms with Crippen molar-refractivity contribution >= 4 is 35.2 Å². The maximum absolute atomic E-state index is 13.4. The Kier molecular flexibility index (Phi) is 4.85. The average molecular weight is 272 g/mol. The normalized spacial score (nSPS) is 10.6. The predicted octanol–water partition coefficient (Wildman–Crippen LogP) is 2.93. The molecule has 0 atom stereocenters. The van der Waals surface area contributed by atoms with E-state index in [4.69, 9.17) is 16.7 Å². The molecule has 1 amide bonds. The Morgan fingerprint density at radius 2 is 2.17 bits per heavy atom. The lowest BCUT2D eigenvalue weighted by Gasteiger charge is -2.06. The van der Waals surface area contributed by atoms with E-state index in [0.717, 1.165) is 6.07 Å². The second kappa shape index (κ2) is 6.16. The molecule has 0 heterocycles. The molecule has 0 unspecified atom stereocenters. The number of rotatable bonds is 4. The Hall–Kier alpha value is -1.88. The van der Waals surface area contributed by atoms with Gasteiger partial charge < -0.3 is 10.4 Å². The smallest absolute Gasteiger partial charge is 0.307 e. The van der Waals surface area contributed by atoms with Gasteiger partial charge in [-0.05, 0) is 17.7 Å². The molecule has 0 aliphatic carbocycles. The van der Waals surface area contributed by atoms with Crippen LogP contribution in [0.5, 0.6) is 0 Å². The molecular formula is C12H11ClFNO3. The second-order valence-electron chi connectivity index (χ2n) is 3.54. The van der Waals surface area contributed by atoms with Crippen LogP contribution in [0.15, 0.2) is 18.2 Å². The molecule has 0 aromatic heterocycles. The van der Waals surface area contributed by atoms with E-state index < -0.39 is 11.8 Å². The lowest BCUT2D eigenvalue weighted by molar-refractivity contribution is -0.136. The summed E-state index contributed by atoms with van der Waals surface area (Å²) in [5.74, 6) is -2.02. The van der Waals surface area contributed by atoms with E-state index in [1.54, 1.807) is 0 Å². The Balaban J connectivity index is 3.02. The summed E-state index contributed by atoms with van der Waals surface area (Å²) in [5.41, 5.74) is 0.570. The summed E-state index contributed by atoms with van der Waals surface area (Å²) >= 11 is 5.73. The monoisotopic (exact) mass is 271 g/mol. The Morgan fingerprint density at radius 1 is 1.50 bits per heavy atom. The molecule has 0 saturated heterocycles. The van der Waals surface area contributed by atoms with Crippen molar-refractivity contribution in [3.8, 4) is 0 Å². The highest BCUT2D eigenvalue weighted by atomic mass is 35.5. The third-order valence-electron chi connectivity index (χ3n) is 1.97. The van der Waals surface area contributed by atoms with E-state index >= 15 is 0 Å². The van der Waals surface area contributed by atoms with E-state index in [1.165, 1.54) is 25.1 Å². The first-order chi connectivity index (χ1) is 8.40. The van der Waals surface area contributed by atoms with Crippen molar-refractivity contribution < 1.29 is 19.1 Å². The molecule has 1 aromatic rings. The van der Waals surface area contributed by atoms with Crippen LogP contribution in [0.25, 0.3) is 6.08 Å². The standard InChI is InChI=1S/C12H11ClFNO3/c1-7(16)15-9-5-8(3-2-4-11(17)18)12(13)10(14)6-9/h2-3,5-6H,4H2,1H3,(H,15,16)(H,17,18). The Bertz CT molecular complexity index is 514. The van der Waals surface area contributed by atoms with Gasteiger partial charge in [0.15, 0.2) is 0 Å². The lowest BCUT2D eigenvalue weighted by Crippen LogP contribution is -2.06. The third kappa shape index (κ3) is 4.18. The van der Waals surface area contributed by atoms with Crippen LogP contribution in [-0.4, -0.2) is 17.0 Å². The molecule has 4 nitrogen and oxygen atoms in total. The molecule has 0 saturated carbocycles. The van der Waals surface area contributed by atoms with Gasteiger partial charge in [-0.25, -0.2) is 4.39 Å². The van der Waals surface area contributed by atoms with Crippen LogP contribution >= 0.6 is 11.6 Å². The third-order valence-corrected chi connectivity index (χ3v) is 2.37. The zero-order chi connectivity index (χ0) is 13.7. The Morgan fingerprint density at radius 3 is 2.72 bits per heavy atom. The summed E-state index contributed by atoms with van der Waals surface area (Å²) < 4.78 is 13.4. The lowest BCUT2D eigenvalue weighted by atomic mass is 10.1. The number of carbonyl (C=O) groups excluding carboxylic acids is 1. The number of hydrogen-bond donors (Lipinski definition) is 2. The summed E-state index contributed by atoms with van der Waals surface area (Å²) in [5, 5.41) is 10.8. The van der Waals surface area contributed by atoms with Gasteiger partial charge in [0.1, 0.15) is 5.82 Å². The number of carboxylic acids is 1. The number of aliphatic carboxylic acids is 1. The minimum absolute atomic E-state index is 0.120. The van der Waals surface area contributed by atoms with Gasteiger partial charge in [-0.2, -0.15) is 0 Å². The predicted molar refractivity (Wildman–Crippen MR) is 67.0 cm³/mol. The van der Waals surface area contributed by atoms with Crippen molar-refractivity contribution in [2.24, 2.45) is 0 Å². The first-order valence-corrected chi connectivity index (χ1v) is 5.43. The topological polar surface area (TPSA) is 66.4 Å². The number of amides is 1. The van der Waals surface area contributed by atoms with Crippen molar-refractivity contribution in [2.75, 3.05) is 5.32 Å². The van der Waals surface area contributed by atoms with Gasteiger partial charge in [-0.3, -0.25) is 9.59 Å². The molecule has 0 spiro atoms. The SMILES string of the molecule is CC(=O)Nc1cc(F)c(Cl)c(C=CCC(=O)O)c1. The minimum atomic E-state index is -0.999. The fourth-order valence-electron chi connectivity index (χ4n) is 1.29. The highest BCUT2D eigenvalue weighted by Gasteiger charge is 2.08. The molecule has 0 aliphatic rings. The molecule has 2 N–H and O–H groups in total. The quantitative estimate of drug-likeness (QED) is 0.885. The van der Waals surface area contributed by atoms with Gasteiger partial charge >= 0.3 is 5.97 Å². The van der Waals surface area contributed by atoms with E-state index in [9.17, 15) is 14.0 Å². The van der Waals surface area contributed by atoms with Crippen molar-refractivity contribution in [1.29, 1.82) is 0 Å².